The van der Waals surface area contributed by atoms with Gasteiger partial charge in [0.1, 0.15) is 0 Å². The molecule has 0 atom stereocenters. The normalized spacial score (nSPS) is 13.4. The van der Waals surface area contributed by atoms with Gasteiger partial charge in [0.25, 0.3) is 0 Å². The van der Waals surface area contributed by atoms with E-state index in [-0.39, 0.29) is 0 Å². The zero-order valence-electron chi connectivity index (χ0n) is 10.5. The second-order valence-electron chi connectivity index (χ2n) is 4.34. The van der Waals surface area contributed by atoms with Gasteiger partial charge >= 0.3 is 0 Å². The van der Waals surface area contributed by atoms with Crippen molar-refractivity contribution in [1.29, 1.82) is 0 Å². The fourth-order valence-corrected chi connectivity index (χ4v) is 1.83. The first-order valence-electron chi connectivity index (χ1n) is 6.01. The van der Waals surface area contributed by atoms with Gasteiger partial charge in [-0.3, -0.25) is 0 Å². The molecule has 1 aliphatic heterocycles. The first-order chi connectivity index (χ1) is 8.29. The van der Waals surface area contributed by atoms with Crippen molar-refractivity contribution in [3.63, 3.8) is 0 Å². The summed E-state index contributed by atoms with van der Waals surface area (Å²) in [5.74, 6) is 1.73. The molecule has 0 bridgehead atoms. The Balaban J connectivity index is 1.83. The monoisotopic (exact) mass is 236 g/mol. The molecule has 0 spiro atoms. The summed E-state index contributed by atoms with van der Waals surface area (Å²) in [5.41, 5.74) is 1.30. The van der Waals surface area contributed by atoms with Gasteiger partial charge < -0.3 is 19.7 Å². The van der Waals surface area contributed by atoms with Crippen LogP contribution in [0.5, 0.6) is 11.5 Å². The van der Waals surface area contributed by atoms with Crippen LogP contribution in [0, 0.1) is 0 Å². The van der Waals surface area contributed by atoms with E-state index in [1.165, 1.54) is 5.56 Å². The Kier molecular flexibility index (Phi) is 4.23. The Morgan fingerprint density at radius 3 is 2.88 bits per heavy atom. The molecule has 0 fully saturated rings. The first kappa shape index (κ1) is 12.2. The van der Waals surface area contributed by atoms with Crippen LogP contribution in [0.25, 0.3) is 0 Å². The van der Waals surface area contributed by atoms with E-state index >= 15 is 0 Å². The summed E-state index contributed by atoms with van der Waals surface area (Å²) >= 11 is 0. The second kappa shape index (κ2) is 5.89. The van der Waals surface area contributed by atoms with Crippen molar-refractivity contribution in [1.82, 2.24) is 10.2 Å². The summed E-state index contributed by atoms with van der Waals surface area (Å²) in [7, 11) is 4.12. The smallest absolute Gasteiger partial charge is 0.231 e. The highest BCUT2D eigenvalue weighted by molar-refractivity contribution is 5.44. The van der Waals surface area contributed by atoms with Crippen LogP contribution in [0.4, 0.5) is 0 Å². The van der Waals surface area contributed by atoms with E-state index in [1.807, 2.05) is 13.1 Å². The molecule has 0 amide bonds. The van der Waals surface area contributed by atoms with E-state index in [1.54, 1.807) is 0 Å². The molecule has 0 saturated carbocycles. The fourth-order valence-electron chi connectivity index (χ4n) is 1.83. The number of benzene rings is 1. The molecule has 94 valence electrons. The van der Waals surface area contributed by atoms with Gasteiger partial charge in [-0.15, -0.1) is 0 Å². The van der Waals surface area contributed by atoms with Gasteiger partial charge in [0, 0.05) is 19.6 Å². The molecule has 0 aromatic heterocycles. The van der Waals surface area contributed by atoms with Gasteiger partial charge in [-0.1, -0.05) is 6.07 Å². The van der Waals surface area contributed by atoms with Crippen molar-refractivity contribution in [3.05, 3.63) is 23.8 Å². The number of fused-ring (bicyclic) bond motifs is 1. The van der Waals surface area contributed by atoms with E-state index < -0.39 is 0 Å². The van der Waals surface area contributed by atoms with Gasteiger partial charge in [-0.05, 0) is 38.2 Å². The maximum atomic E-state index is 5.36. The van der Waals surface area contributed by atoms with Crippen molar-refractivity contribution < 1.29 is 9.47 Å². The van der Waals surface area contributed by atoms with Crippen LogP contribution >= 0.6 is 0 Å². The summed E-state index contributed by atoms with van der Waals surface area (Å²) in [4.78, 5) is 2.32. The molecule has 17 heavy (non-hydrogen) atoms. The molecular weight excluding hydrogens is 216 g/mol. The van der Waals surface area contributed by atoms with Crippen LogP contribution in [-0.2, 0) is 6.42 Å². The molecule has 0 aliphatic carbocycles. The lowest BCUT2D eigenvalue weighted by molar-refractivity contribution is 0.174. The van der Waals surface area contributed by atoms with Crippen molar-refractivity contribution >= 4 is 0 Å². The average molecular weight is 236 g/mol. The summed E-state index contributed by atoms with van der Waals surface area (Å²) in [6.45, 7) is 3.50. The standard InChI is InChI=1S/C13H20N2O2/c1-14-6-8-15(2)7-5-11-3-4-12-13(9-11)17-10-16-12/h3-4,9,14H,5-8,10H2,1-2H3. The van der Waals surface area contributed by atoms with Crippen molar-refractivity contribution in [2.45, 2.75) is 6.42 Å². The lowest BCUT2D eigenvalue weighted by Crippen LogP contribution is -2.29. The molecule has 1 heterocycles. The van der Waals surface area contributed by atoms with E-state index in [0.717, 1.165) is 37.6 Å². The third-order valence-corrected chi connectivity index (χ3v) is 2.96. The summed E-state index contributed by atoms with van der Waals surface area (Å²) in [6.07, 6.45) is 1.04. The maximum absolute atomic E-state index is 5.36. The topological polar surface area (TPSA) is 33.7 Å². The summed E-state index contributed by atoms with van der Waals surface area (Å²) in [6, 6.07) is 6.18. The van der Waals surface area contributed by atoms with Crippen LogP contribution in [0.2, 0.25) is 0 Å². The van der Waals surface area contributed by atoms with Crippen LogP contribution < -0.4 is 14.8 Å². The Morgan fingerprint density at radius 1 is 1.24 bits per heavy atom. The highest BCUT2D eigenvalue weighted by Crippen LogP contribution is 2.32. The minimum Gasteiger partial charge on any atom is -0.454 e. The van der Waals surface area contributed by atoms with Gasteiger partial charge in [-0.25, -0.2) is 0 Å². The third kappa shape index (κ3) is 3.35. The number of nitrogens with one attached hydrogen (secondary N) is 1. The highest BCUT2D eigenvalue weighted by atomic mass is 16.7. The maximum Gasteiger partial charge on any atom is 0.231 e. The Hall–Kier alpha value is -1.26. The van der Waals surface area contributed by atoms with Crippen LogP contribution in [0.15, 0.2) is 18.2 Å². The number of nitrogens with zero attached hydrogens (tertiary/aromatic N) is 1. The summed E-state index contributed by atoms with van der Waals surface area (Å²) < 4.78 is 10.7. The number of rotatable bonds is 6. The third-order valence-electron chi connectivity index (χ3n) is 2.96. The van der Waals surface area contributed by atoms with Crippen LogP contribution in [-0.4, -0.2) is 45.4 Å². The summed E-state index contributed by atoms with van der Waals surface area (Å²) in [5, 5.41) is 3.15. The predicted molar refractivity (Wildman–Crippen MR) is 67.7 cm³/mol. The molecule has 0 saturated heterocycles. The van der Waals surface area contributed by atoms with Gasteiger partial charge in [-0.2, -0.15) is 0 Å². The quantitative estimate of drug-likeness (QED) is 0.802. The van der Waals surface area contributed by atoms with Gasteiger partial charge in [0.2, 0.25) is 6.79 Å². The molecule has 0 radical (unpaired) electrons. The van der Waals surface area contributed by atoms with Crippen LogP contribution in [0.3, 0.4) is 0 Å². The average Bonchev–Trinajstić information content (AvgIpc) is 2.81. The van der Waals surface area contributed by atoms with Gasteiger partial charge in [0.05, 0.1) is 0 Å². The fraction of sp³-hybridized carbons (Fsp3) is 0.538. The predicted octanol–water partition coefficient (Wildman–Crippen LogP) is 1.11. The molecule has 1 aliphatic rings. The molecule has 0 unspecified atom stereocenters. The van der Waals surface area contributed by atoms with E-state index in [2.05, 4.69) is 29.4 Å². The Bertz CT molecular complexity index is 368. The Labute approximate surface area is 103 Å². The molecule has 1 aromatic carbocycles. The lowest BCUT2D eigenvalue weighted by Gasteiger charge is -2.16. The molecule has 1 N–H and O–H groups in total. The van der Waals surface area contributed by atoms with E-state index in [0.29, 0.717) is 6.79 Å². The lowest BCUT2D eigenvalue weighted by atomic mass is 10.1. The largest absolute Gasteiger partial charge is 0.454 e. The van der Waals surface area contributed by atoms with Crippen LogP contribution in [0.1, 0.15) is 5.56 Å². The van der Waals surface area contributed by atoms with Crippen molar-refractivity contribution in [3.8, 4) is 11.5 Å². The van der Waals surface area contributed by atoms with Gasteiger partial charge in [0.15, 0.2) is 11.5 Å². The highest BCUT2D eigenvalue weighted by Gasteiger charge is 2.13. The molecular formula is C13H20N2O2. The second-order valence-corrected chi connectivity index (χ2v) is 4.34. The number of likely N-dealkylation sites (N-methyl/N-ethyl adjacent to an activating group) is 2. The minimum atomic E-state index is 0.348. The SMILES string of the molecule is CNCCN(C)CCc1ccc2c(c1)OCO2. The van der Waals surface area contributed by atoms with Crippen molar-refractivity contribution in [2.75, 3.05) is 40.5 Å². The first-order valence-corrected chi connectivity index (χ1v) is 6.01. The zero-order valence-corrected chi connectivity index (χ0v) is 10.5. The molecule has 1 aromatic rings. The minimum absolute atomic E-state index is 0.348. The molecule has 4 nitrogen and oxygen atoms in total. The molecule has 2 rings (SSSR count). The number of hydrogen-bond acceptors (Lipinski definition) is 4. The van der Waals surface area contributed by atoms with Crippen molar-refractivity contribution in [2.24, 2.45) is 0 Å². The zero-order chi connectivity index (χ0) is 12.1. The number of ether oxygens (including phenoxy) is 2. The number of hydrogen-bond donors (Lipinski definition) is 1. The van der Waals surface area contributed by atoms with E-state index in [4.69, 9.17) is 9.47 Å². The van der Waals surface area contributed by atoms with E-state index in [9.17, 15) is 0 Å². The Morgan fingerprint density at radius 2 is 2.06 bits per heavy atom. The molecule has 4 heteroatoms.